The first-order chi connectivity index (χ1) is 12.3. The molecule has 1 unspecified atom stereocenters. The van der Waals surface area contributed by atoms with E-state index in [1.807, 2.05) is 32.9 Å². The molecular weight excluding hydrogens is 336 g/mol. The van der Waals surface area contributed by atoms with E-state index in [-0.39, 0.29) is 12.1 Å². The van der Waals surface area contributed by atoms with Gasteiger partial charge in [0.2, 0.25) is 5.75 Å². The monoisotopic (exact) mass is 366 g/mol. The Bertz CT molecular complexity index is 627. The largest absolute Gasteiger partial charge is 0.493 e. The van der Waals surface area contributed by atoms with E-state index < -0.39 is 5.60 Å². The SMILES string of the molecule is COc1ccc(CC2CNCCN2C(=O)OC(C)(C)C)c(OC)c1OC. The molecule has 1 aliphatic heterocycles. The van der Waals surface area contributed by atoms with Crippen molar-refractivity contribution in [2.45, 2.75) is 38.8 Å². The first kappa shape index (κ1) is 20.2. The van der Waals surface area contributed by atoms with Crippen LogP contribution < -0.4 is 19.5 Å². The highest BCUT2D eigenvalue weighted by atomic mass is 16.6. The topological polar surface area (TPSA) is 69.3 Å². The van der Waals surface area contributed by atoms with Gasteiger partial charge in [0, 0.05) is 25.2 Å². The summed E-state index contributed by atoms with van der Waals surface area (Å²) in [6.07, 6.45) is 0.332. The number of hydrogen-bond acceptors (Lipinski definition) is 6. The Morgan fingerprint density at radius 1 is 1.15 bits per heavy atom. The van der Waals surface area contributed by atoms with Gasteiger partial charge in [0.1, 0.15) is 5.60 Å². The summed E-state index contributed by atoms with van der Waals surface area (Å²) < 4.78 is 21.9. The van der Waals surface area contributed by atoms with Gasteiger partial charge in [0.15, 0.2) is 11.5 Å². The van der Waals surface area contributed by atoms with Gasteiger partial charge >= 0.3 is 6.09 Å². The van der Waals surface area contributed by atoms with Gasteiger partial charge in [-0.05, 0) is 33.3 Å². The third-order valence-electron chi connectivity index (χ3n) is 4.22. The smallest absolute Gasteiger partial charge is 0.410 e. The molecule has 7 heteroatoms. The van der Waals surface area contributed by atoms with Gasteiger partial charge in [0.05, 0.1) is 27.4 Å². The van der Waals surface area contributed by atoms with Gasteiger partial charge < -0.3 is 29.2 Å². The van der Waals surface area contributed by atoms with E-state index in [2.05, 4.69) is 5.32 Å². The Labute approximate surface area is 155 Å². The van der Waals surface area contributed by atoms with Crippen LogP contribution in [0.2, 0.25) is 0 Å². The van der Waals surface area contributed by atoms with E-state index >= 15 is 0 Å². The van der Waals surface area contributed by atoms with Crippen molar-refractivity contribution in [1.29, 1.82) is 0 Å². The molecule has 0 spiro atoms. The normalized spacial score (nSPS) is 17.6. The van der Waals surface area contributed by atoms with Gasteiger partial charge in [-0.2, -0.15) is 0 Å². The van der Waals surface area contributed by atoms with Crippen LogP contribution >= 0.6 is 0 Å². The average Bonchev–Trinajstić information content (AvgIpc) is 2.60. The van der Waals surface area contributed by atoms with Crippen molar-refractivity contribution < 1.29 is 23.7 Å². The minimum Gasteiger partial charge on any atom is -0.493 e. The van der Waals surface area contributed by atoms with Crippen LogP contribution in [0, 0.1) is 0 Å². The molecule has 7 nitrogen and oxygen atoms in total. The zero-order valence-corrected chi connectivity index (χ0v) is 16.5. The van der Waals surface area contributed by atoms with Crippen LogP contribution in [0.1, 0.15) is 26.3 Å². The fourth-order valence-corrected chi connectivity index (χ4v) is 3.08. The maximum Gasteiger partial charge on any atom is 0.410 e. The van der Waals surface area contributed by atoms with Crippen molar-refractivity contribution in [3.8, 4) is 17.2 Å². The number of carbonyl (C=O) groups excluding carboxylic acids is 1. The number of ether oxygens (including phenoxy) is 4. The molecule has 1 aliphatic rings. The summed E-state index contributed by atoms with van der Waals surface area (Å²) in [5.41, 5.74) is 0.431. The molecule has 1 atom stereocenters. The predicted octanol–water partition coefficient (Wildman–Crippen LogP) is 2.46. The molecule has 1 heterocycles. The molecule has 1 N–H and O–H groups in total. The standard InChI is InChI=1S/C19H30N2O5/c1-19(2,3)26-18(22)21-10-9-20-12-14(21)11-13-7-8-15(23-4)17(25-6)16(13)24-5/h7-8,14,20H,9-12H2,1-6H3. The Hall–Kier alpha value is -2.15. The highest BCUT2D eigenvalue weighted by molar-refractivity contribution is 5.69. The fourth-order valence-electron chi connectivity index (χ4n) is 3.08. The highest BCUT2D eigenvalue weighted by Gasteiger charge is 2.31. The maximum absolute atomic E-state index is 12.6. The summed E-state index contributed by atoms with van der Waals surface area (Å²) in [6, 6.07) is 3.76. The van der Waals surface area contributed by atoms with Crippen LogP contribution in [-0.2, 0) is 11.2 Å². The lowest BCUT2D eigenvalue weighted by Gasteiger charge is -2.37. The zero-order valence-electron chi connectivity index (χ0n) is 16.5. The molecule has 0 aliphatic carbocycles. The van der Waals surface area contributed by atoms with Gasteiger partial charge in [-0.15, -0.1) is 0 Å². The number of methoxy groups -OCH3 is 3. The van der Waals surface area contributed by atoms with Crippen LogP contribution in [0.3, 0.4) is 0 Å². The van der Waals surface area contributed by atoms with E-state index in [1.54, 1.807) is 26.2 Å². The molecule has 0 saturated carbocycles. The molecule has 1 amide bonds. The van der Waals surface area contributed by atoms with E-state index in [0.717, 1.165) is 12.1 Å². The summed E-state index contributed by atoms with van der Waals surface area (Å²) in [7, 11) is 4.77. The molecule has 0 bridgehead atoms. The highest BCUT2D eigenvalue weighted by Crippen LogP contribution is 2.40. The number of nitrogens with one attached hydrogen (secondary N) is 1. The van der Waals surface area contributed by atoms with Crippen LogP contribution in [0.25, 0.3) is 0 Å². The maximum atomic E-state index is 12.6. The number of rotatable bonds is 5. The molecule has 26 heavy (non-hydrogen) atoms. The van der Waals surface area contributed by atoms with Gasteiger partial charge in [-0.25, -0.2) is 4.79 Å². The first-order valence-electron chi connectivity index (χ1n) is 8.79. The van der Waals surface area contributed by atoms with Gasteiger partial charge in [0.25, 0.3) is 0 Å². The molecule has 1 saturated heterocycles. The van der Waals surface area contributed by atoms with Crippen molar-refractivity contribution >= 4 is 6.09 Å². The second-order valence-corrected chi connectivity index (χ2v) is 7.23. The summed E-state index contributed by atoms with van der Waals surface area (Å²) >= 11 is 0. The molecular formula is C19H30N2O5. The van der Waals surface area contributed by atoms with Crippen LogP contribution in [-0.4, -0.2) is 63.6 Å². The Morgan fingerprint density at radius 2 is 1.85 bits per heavy atom. The Morgan fingerprint density at radius 3 is 2.42 bits per heavy atom. The molecule has 1 aromatic carbocycles. The fraction of sp³-hybridized carbons (Fsp3) is 0.632. The zero-order chi connectivity index (χ0) is 19.3. The van der Waals surface area contributed by atoms with Crippen molar-refractivity contribution in [3.05, 3.63) is 17.7 Å². The van der Waals surface area contributed by atoms with Gasteiger partial charge in [-0.3, -0.25) is 0 Å². The average molecular weight is 366 g/mol. The summed E-state index contributed by atoms with van der Waals surface area (Å²) in [6.45, 7) is 7.67. The molecule has 146 valence electrons. The molecule has 2 rings (SSSR count). The number of amides is 1. The van der Waals surface area contributed by atoms with Crippen molar-refractivity contribution in [3.63, 3.8) is 0 Å². The van der Waals surface area contributed by atoms with E-state index in [4.69, 9.17) is 18.9 Å². The quantitative estimate of drug-likeness (QED) is 0.863. The lowest BCUT2D eigenvalue weighted by atomic mass is 10.0. The Balaban J connectivity index is 2.25. The number of carbonyl (C=O) groups is 1. The third-order valence-corrected chi connectivity index (χ3v) is 4.22. The summed E-state index contributed by atoms with van der Waals surface area (Å²) in [4.78, 5) is 14.4. The van der Waals surface area contributed by atoms with Crippen molar-refractivity contribution in [1.82, 2.24) is 10.2 Å². The van der Waals surface area contributed by atoms with Crippen LogP contribution in [0.15, 0.2) is 12.1 Å². The molecule has 0 radical (unpaired) electrons. The number of hydrogen-bond donors (Lipinski definition) is 1. The minimum atomic E-state index is -0.520. The second-order valence-electron chi connectivity index (χ2n) is 7.23. The lowest BCUT2D eigenvalue weighted by Crippen LogP contribution is -2.55. The van der Waals surface area contributed by atoms with Crippen molar-refractivity contribution in [2.75, 3.05) is 41.0 Å². The van der Waals surface area contributed by atoms with Crippen LogP contribution in [0.5, 0.6) is 17.2 Å². The third kappa shape index (κ3) is 4.72. The number of benzene rings is 1. The van der Waals surface area contributed by atoms with E-state index in [0.29, 0.717) is 36.8 Å². The van der Waals surface area contributed by atoms with Crippen LogP contribution in [0.4, 0.5) is 4.79 Å². The summed E-state index contributed by atoms with van der Waals surface area (Å²) in [5, 5.41) is 3.35. The summed E-state index contributed by atoms with van der Waals surface area (Å²) in [5.74, 6) is 1.79. The van der Waals surface area contributed by atoms with Gasteiger partial charge in [-0.1, -0.05) is 6.07 Å². The van der Waals surface area contributed by atoms with E-state index in [9.17, 15) is 4.79 Å². The molecule has 0 aromatic heterocycles. The Kier molecular flexibility index (Phi) is 6.58. The molecule has 1 aromatic rings. The second kappa shape index (κ2) is 8.49. The number of nitrogens with zero attached hydrogens (tertiary/aromatic N) is 1. The predicted molar refractivity (Wildman–Crippen MR) is 99.4 cm³/mol. The van der Waals surface area contributed by atoms with Crippen molar-refractivity contribution in [2.24, 2.45) is 0 Å². The number of piperazine rings is 1. The first-order valence-corrected chi connectivity index (χ1v) is 8.79. The minimum absolute atomic E-state index is 0.0365. The molecule has 1 fully saturated rings. The lowest BCUT2D eigenvalue weighted by molar-refractivity contribution is 0.0121. The van der Waals surface area contributed by atoms with E-state index in [1.165, 1.54) is 0 Å².